The summed E-state index contributed by atoms with van der Waals surface area (Å²) in [5.74, 6) is 2.75. The molecule has 2 rings (SSSR count). The molecule has 1 aliphatic heterocycles. The summed E-state index contributed by atoms with van der Waals surface area (Å²) in [4.78, 5) is 6.75. The molecule has 5 nitrogen and oxygen atoms in total. The molecule has 0 aliphatic carbocycles. The second kappa shape index (κ2) is 5.60. The van der Waals surface area contributed by atoms with E-state index in [-0.39, 0.29) is 0 Å². The van der Waals surface area contributed by atoms with E-state index < -0.39 is 0 Å². The van der Waals surface area contributed by atoms with Crippen molar-refractivity contribution in [1.82, 2.24) is 15.0 Å². The Morgan fingerprint density at radius 2 is 2.35 bits per heavy atom. The van der Waals surface area contributed by atoms with E-state index in [0.717, 1.165) is 44.3 Å². The quantitative estimate of drug-likeness (QED) is 0.830. The van der Waals surface area contributed by atoms with Crippen LogP contribution in [0.5, 0.6) is 0 Å². The fraction of sp³-hybridized carbons (Fsp3) is 0.833. The number of likely N-dealkylation sites (tertiary alicyclic amines) is 1. The predicted molar refractivity (Wildman–Crippen MR) is 65.3 cm³/mol. The summed E-state index contributed by atoms with van der Waals surface area (Å²) in [6.45, 7) is 7.99. The molecule has 0 aromatic carbocycles. The average Bonchev–Trinajstić information content (AvgIpc) is 2.88. The summed E-state index contributed by atoms with van der Waals surface area (Å²) in [7, 11) is 0. The van der Waals surface area contributed by atoms with Gasteiger partial charge in [0.1, 0.15) is 0 Å². The van der Waals surface area contributed by atoms with Crippen molar-refractivity contribution in [2.45, 2.75) is 33.2 Å². The molecule has 0 saturated carbocycles. The highest BCUT2D eigenvalue weighted by atomic mass is 16.5. The molecular weight excluding hydrogens is 216 g/mol. The smallest absolute Gasteiger partial charge is 0.240 e. The van der Waals surface area contributed by atoms with Gasteiger partial charge < -0.3 is 10.3 Å². The van der Waals surface area contributed by atoms with E-state index in [2.05, 4.69) is 28.9 Å². The van der Waals surface area contributed by atoms with Gasteiger partial charge in [0.25, 0.3) is 0 Å². The third-order valence-corrected chi connectivity index (χ3v) is 3.16. The molecule has 96 valence electrons. The second-order valence-corrected chi connectivity index (χ2v) is 5.33. The lowest BCUT2D eigenvalue weighted by Gasteiger charge is -2.12. The van der Waals surface area contributed by atoms with Gasteiger partial charge in [0.2, 0.25) is 5.89 Å². The lowest BCUT2D eigenvalue weighted by atomic mass is 10.1. The van der Waals surface area contributed by atoms with Crippen LogP contribution < -0.4 is 5.73 Å². The molecule has 1 saturated heterocycles. The Labute approximate surface area is 102 Å². The normalized spacial score (nSPS) is 21.5. The maximum atomic E-state index is 5.67. The number of aromatic nitrogens is 2. The SMILES string of the molecule is CC(C)Cc1noc(CN2CCC(CN)C2)n1. The van der Waals surface area contributed by atoms with E-state index in [0.29, 0.717) is 11.8 Å². The van der Waals surface area contributed by atoms with Crippen LogP contribution in [0.3, 0.4) is 0 Å². The zero-order chi connectivity index (χ0) is 12.3. The molecule has 17 heavy (non-hydrogen) atoms. The molecule has 1 atom stereocenters. The molecule has 0 spiro atoms. The van der Waals surface area contributed by atoms with Crippen LogP contribution in [-0.2, 0) is 13.0 Å². The van der Waals surface area contributed by atoms with E-state index >= 15 is 0 Å². The van der Waals surface area contributed by atoms with Crippen molar-refractivity contribution in [3.05, 3.63) is 11.7 Å². The minimum atomic E-state index is 0.564. The summed E-state index contributed by atoms with van der Waals surface area (Å²) in [5, 5.41) is 4.00. The van der Waals surface area contributed by atoms with Crippen molar-refractivity contribution in [3.8, 4) is 0 Å². The molecule has 2 N–H and O–H groups in total. The maximum Gasteiger partial charge on any atom is 0.240 e. The molecule has 2 heterocycles. The topological polar surface area (TPSA) is 68.2 Å². The molecule has 1 aromatic heterocycles. The van der Waals surface area contributed by atoms with Gasteiger partial charge in [-0.2, -0.15) is 4.98 Å². The highest BCUT2D eigenvalue weighted by Crippen LogP contribution is 2.17. The summed E-state index contributed by atoms with van der Waals surface area (Å²) < 4.78 is 5.26. The molecule has 0 radical (unpaired) electrons. The minimum Gasteiger partial charge on any atom is -0.338 e. The Hall–Kier alpha value is -0.940. The molecule has 1 fully saturated rings. The lowest BCUT2D eigenvalue weighted by Crippen LogP contribution is -2.22. The van der Waals surface area contributed by atoms with E-state index in [1.54, 1.807) is 0 Å². The van der Waals surface area contributed by atoms with Gasteiger partial charge in [0.15, 0.2) is 5.82 Å². The van der Waals surface area contributed by atoms with E-state index in [9.17, 15) is 0 Å². The molecule has 0 bridgehead atoms. The first-order valence-electron chi connectivity index (χ1n) is 6.41. The van der Waals surface area contributed by atoms with E-state index in [1.165, 1.54) is 6.42 Å². The van der Waals surface area contributed by atoms with Crippen LogP contribution in [0.25, 0.3) is 0 Å². The first-order chi connectivity index (χ1) is 8.17. The maximum absolute atomic E-state index is 5.67. The van der Waals surface area contributed by atoms with Gasteiger partial charge in [-0.25, -0.2) is 0 Å². The average molecular weight is 238 g/mol. The van der Waals surface area contributed by atoms with Crippen molar-refractivity contribution in [1.29, 1.82) is 0 Å². The van der Waals surface area contributed by atoms with Crippen LogP contribution in [0.15, 0.2) is 4.52 Å². The fourth-order valence-corrected chi connectivity index (χ4v) is 2.24. The molecular formula is C12H22N4O. The summed E-state index contributed by atoms with van der Waals surface area (Å²) in [6.07, 6.45) is 2.07. The Bertz CT molecular complexity index is 350. The number of nitrogens with two attached hydrogens (primary N) is 1. The zero-order valence-electron chi connectivity index (χ0n) is 10.7. The second-order valence-electron chi connectivity index (χ2n) is 5.33. The van der Waals surface area contributed by atoms with Crippen LogP contribution in [0.4, 0.5) is 0 Å². The Balaban J connectivity index is 1.85. The number of hydrogen-bond donors (Lipinski definition) is 1. The van der Waals surface area contributed by atoms with Crippen molar-refractivity contribution in [2.75, 3.05) is 19.6 Å². The summed E-state index contributed by atoms with van der Waals surface area (Å²) >= 11 is 0. The largest absolute Gasteiger partial charge is 0.338 e. The van der Waals surface area contributed by atoms with Crippen LogP contribution in [0, 0.1) is 11.8 Å². The zero-order valence-corrected chi connectivity index (χ0v) is 10.7. The lowest BCUT2D eigenvalue weighted by molar-refractivity contribution is 0.260. The third kappa shape index (κ3) is 3.51. The minimum absolute atomic E-state index is 0.564. The number of nitrogens with zero attached hydrogens (tertiary/aromatic N) is 3. The Kier molecular flexibility index (Phi) is 4.12. The van der Waals surface area contributed by atoms with Gasteiger partial charge in [-0.3, -0.25) is 4.90 Å². The van der Waals surface area contributed by atoms with Crippen molar-refractivity contribution < 1.29 is 4.52 Å². The third-order valence-electron chi connectivity index (χ3n) is 3.16. The molecule has 5 heteroatoms. The molecule has 1 aliphatic rings. The van der Waals surface area contributed by atoms with Crippen LogP contribution in [0.1, 0.15) is 32.0 Å². The van der Waals surface area contributed by atoms with Crippen LogP contribution >= 0.6 is 0 Å². The first kappa shape index (κ1) is 12.5. The van der Waals surface area contributed by atoms with E-state index in [4.69, 9.17) is 10.3 Å². The van der Waals surface area contributed by atoms with Gasteiger partial charge in [-0.1, -0.05) is 19.0 Å². The molecule has 1 unspecified atom stereocenters. The summed E-state index contributed by atoms with van der Waals surface area (Å²) in [5.41, 5.74) is 5.67. The van der Waals surface area contributed by atoms with Crippen LogP contribution in [0.2, 0.25) is 0 Å². The molecule has 0 amide bonds. The standard InChI is InChI=1S/C12H22N4O/c1-9(2)5-11-14-12(17-15-11)8-16-4-3-10(6-13)7-16/h9-10H,3-8,13H2,1-2H3. The highest BCUT2D eigenvalue weighted by molar-refractivity contribution is 4.89. The number of hydrogen-bond acceptors (Lipinski definition) is 5. The Morgan fingerprint density at radius 3 is 3.00 bits per heavy atom. The summed E-state index contributed by atoms with van der Waals surface area (Å²) in [6, 6.07) is 0. The van der Waals surface area contributed by atoms with Crippen molar-refractivity contribution >= 4 is 0 Å². The van der Waals surface area contributed by atoms with Gasteiger partial charge in [0, 0.05) is 13.0 Å². The van der Waals surface area contributed by atoms with Gasteiger partial charge in [0.05, 0.1) is 6.54 Å². The number of rotatable bonds is 5. The molecule has 1 aromatic rings. The fourth-order valence-electron chi connectivity index (χ4n) is 2.24. The van der Waals surface area contributed by atoms with Gasteiger partial charge in [-0.15, -0.1) is 0 Å². The van der Waals surface area contributed by atoms with Crippen LogP contribution in [-0.4, -0.2) is 34.7 Å². The predicted octanol–water partition coefficient (Wildman–Crippen LogP) is 1.05. The van der Waals surface area contributed by atoms with Crippen molar-refractivity contribution in [3.63, 3.8) is 0 Å². The van der Waals surface area contributed by atoms with Gasteiger partial charge >= 0.3 is 0 Å². The Morgan fingerprint density at radius 1 is 1.53 bits per heavy atom. The van der Waals surface area contributed by atoms with Gasteiger partial charge in [-0.05, 0) is 31.3 Å². The first-order valence-corrected chi connectivity index (χ1v) is 6.41. The monoisotopic (exact) mass is 238 g/mol. The highest BCUT2D eigenvalue weighted by Gasteiger charge is 2.22. The van der Waals surface area contributed by atoms with E-state index in [1.807, 2.05) is 0 Å². The van der Waals surface area contributed by atoms with Crippen molar-refractivity contribution in [2.24, 2.45) is 17.6 Å².